The predicted octanol–water partition coefficient (Wildman–Crippen LogP) is 2.47. The van der Waals surface area contributed by atoms with Gasteiger partial charge in [-0.1, -0.05) is 12.1 Å². The van der Waals surface area contributed by atoms with Crippen molar-refractivity contribution in [1.29, 1.82) is 0 Å². The van der Waals surface area contributed by atoms with Crippen LogP contribution >= 0.6 is 0 Å². The number of ether oxygens (including phenoxy) is 1. The van der Waals surface area contributed by atoms with E-state index >= 15 is 0 Å². The lowest BCUT2D eigenvalue weighted by Gasteiger charge is -2.09. The molecule has 0 amide bonds. The van der Waals surface area contributed by atoms with Crippen molar-refractivity contribution in [2.75, 3.05) is 7.11 Å². The number of hydrogen-bond donors (Lipinski definition) is 1. The number of benzene rings is 1. The molecule has 0 aliphatic heterocycles. The highest BCUT2D eigenvalue weighted by Gasteiger charge is 2.24. The van der Waals surface area contributed by atoms with Crippen LogP contribution in [0.4, 0.5) is 0 Å². The van der Waals surface area contributed by atoms with Crippen LogP contribution in [-0.2, 0) is 11.2 Å². The monoisotopic (exact) mass is 243 g/mol. The van der Waals surface area contributed by atoms with E-state index in [0.29, 0.717) is 23.2 Å². The summed E-state index contributed by atoms with van der Waals surface area (Å²) in [5, 5.41) is 0.959. The molecule has 2 aromatic rings. The van der Waals surface area contributed by atoms with Gasteiger partial charge in [0.2, 0.25) is 0 Å². The maximum absolute atomic E-state index is 11.9. The molecule has 3 rings (SSSR count). The number of carbonyl (C=O) groups is 2. The van der Waals surface area contributed by atoms with Crippen LogP contribution in [0, 0.1) is 0 Å². The summed E-state index contributed by atoms with van der Waals surface area (Å²) in [4.78, 5) is 26.7. The summed E-state index contributed by atoms with van der Waals surface area (Å²) < 4.78 is 4.76. The third-order valence-corrected chi connectivity index (χ3v) is 3.46. The highest BCUT2D eigenvalue weighted by atomic mass is 16.5. The normalized spacial score (nSPS) is 14.6. The minimum absolute atomic E-state index is 0.128. The molecular formula is C14H13NO3. The van der Waals surface area contributed by atoms with Gasteiger partial charge in [0.15, 0.2) is 5.78 Å². The Morgan fingerprint density at radius 3 is 2.94 bits per heavy atom. The average molecular weight is 243 g/mol. The highest BCUT2D eigenvalue weighted by molar-refractivity contribution is 6.09. The molecule has 0 saturated heterocycles. The van der Waals surface area contributed by atoms with Gasteiger partial charge in [0.25, 0.3) is 0 Å². The largest absolute Gasteiger partial charge is 0.465 e. The van der Waals surface area contributed by atoms with Crippen LogP contribution < -0.4 is 0 Å². The fourth-order valence-corrected chi connectivity index (χ4v) is 2.60. The Balaban J connectivity index is 2.30. The highest BCUT2D eigenvalue weighted by Crippen LogP contribution is 2.30. The number of nitrogens with one attached hydrogen (secondary N) is 1. The molecule has 4 nitrogen and oxygen atoms in total. The predicted molar refractivity (Wildman–Crippen MR) is 66.9 cm³/mol. The fraction of sp³-hybridized carbons (Fsp3) is 0.286. The van der Waals surface area contributed by atoms with Crippen molar-refractivity contribution in [3.8, 4) is 0 Å². The van der Waals surface area contributed by atoms with Gasteiger partial charge in [0, 0.05) is 11.8 Å². The van der Waals surface area contributed by atoms with Gasteiger partial charge >= 0.3 is 5.97 Å². The van der Waals surface area contributed by atoms with Crippen molar-refractivity contribution in [2.24, 2.45) is 0 Å². The summed E-state index contributed by atoms with van der Waals surface area (Å²) in [6.07, 6.45) is 2.33. The van der Waals surface area contributed by atoms with Gasteiger partial charge in [-0.2, -0.15) is 0 Å². The number of aromatic nitrogens is 1. The molecular weight excluding hydrogens is 230 g/mol. The third kappa shape index (κ3) is 1.45. The van der Waals surface area contributed by atoms with Crippen LogP contribution in [0.5, 0.6) is 0 Å². The number of fused-ring (bicyclic) bond motifs is 3. The molecule has 1 N–H and O–H groups in total. The van der Waals surface area contributed by atoms with Crippen LogP contribution in [0.2, 0.25) is 0 Å². The molecule has 1 aliphatic carbocycles. The van der Waals surface area contributed by atoms with Gasteiger partial charge in [-0.25, -0.2) is 4.79 Å². The molecule has 1 heterocycles. The van der Waals surface area contributed by atoms with Crippen molar-refractivity contribution in [3.63, 3.8) is 0 Å². The second kappa shape index (κ2) is 3.98. The number of hydrogen-bond acceptors (Lipinski definition) is 3. The van der Waals surface area contributed by atoms with Crippen molar-refractivity contribution < 1.29 is 14.3 Å². The molecule has 1 aromatic carbocycles. The second-order valence-electron chi connectivity index (χ2n) is 4.47. The fourth-order valence-electron chi connectivity index (χ4n) is 2.60. The molecule has 0 fully saturated rings. The van der Waals surface area contributed by atoms with Crippen molar-refractivity contribution in [1.82, 2.24) is 4.98 Å². The number of aryl methyl sites for hydroxylation is 1. The molecule has 0 bridgehead atoms. The lowest BCUT2D eigenvalue weighted by atomic mass is 9.94. The lowest BCUT2D eigenvalue weighted by molar-refractivity contribution is 0.0602. The number of methoxy groups -OCH3 is 1. The number of para-hydroxylation sites is 1. The number of carbonyl (C=O) groups excluding carboxylic acids is 2. The zero-order chi connectivity index (χ0) is 12.7. The number of Topliss-reactive ketones (excluding diaryl/α,β-unsaturated/α-hetero) is 1. The van der Waals surface area contributed by atoms with E-state index in [-0.39, 0.29) is 11.8 Å². The van der Waals surface area contributed by atoms with Gasteiger partial charge in [-0.15, -0.1) is 0 Å². The maximum atomic E-state index is 11.9. The van der Waals surface area contributed by atoms with Crippen LogP contribution in [-0.4, -0.2) is 23.8 Å². The van der Waals surface area contributed by atoms with Crippen molar-refractivity contribution >= 4 is 22.7 Å². The Morgan fingerprint density at radius 1 is 1.33 bits per heavy atom. The van der Waals surface area contributed by atoms with E-state index < -0.39 is 0 Å². The number of H-pyrrole nitrogens is 1. The van der Waals surface area contributed by atoms with Crippen LogP contribution in [0.15, 0.2) is 18.2 Å². The molecule has 0 atom stereocenters. The van der Waals surface area contributed by atoms with E-state index in [1.807, 2.05) is 12.1 Å². The Morgan fingerprint density at radius 2 is 2.17 bits per heavy atom. The summed E-state index contributed by atoms with van der Waals surface area (Å²) in [6.45, 7) is 0. The van der Waals surface area contributed by atoms with Gasteiger partial charge < -0.3 is 9.72 Å². The summed E-state index contributed by atoms with van der Waals surface area (Å²) in [5.41, 5.74) is 2.89. The quantitative estimate of drug-likeness (QED) is 0.783. The minimum atomic E-state index is -0.383. The molecule has 0 unspecified atom stereocenters. The number of esters is 1. The van der Waals surface area contributed by atoms with Crippen LogP contribution in [0.3, 0.4) is 0 Å². The van der Waals surface area contributed by atoms with Gasteiger partial charge in [0.05, 0.1) is 23.9 Å². The number of rotatable bonds is 1. The third-order valence-electron chi connectivity index (χ3n) is 3.46. The topological polar surface area (TPSA) is 59.2 Å². The lowest BCUT2D eigenvalue weighted by Crippen LogP contribution is -2.09. The molecule has 0 radical (unpaired) electrons. The SMILES string of the molecule is COC(=O)c1cccc2c3c([nH]c12)C(=O)CCC3. The van der Waals surface area contributed by atoms with E-state index in [2.05, 4.69) is 4.98 Å². The van der Waals surface area contributed by atoms with Crippen LogP contribution in [0.25, 0.3) is 10.9 Å². The molecule has 1 aromatic heterocycles. The summed E-state index contributed by atoms with van der Waals surface area (Å²) in [6, 6.07) is 5.47. The zero-order valence-electron chi connectivity index (χ0n) is 10.1. The van der Waals surface area contributed by atoms with Gasteiger partial charge in [-0.3, -0.25) is 4.79 Å². The average Bonchev–Trinajstić information content (AvgIpc) is 2.78. The maximum Gasteiger partial charge on any atom is 0.339 e. The first kappa shape index (κ1) is 11.0. The van der Waals surface area contributed by atoms with E-state index in [9.17, 15) is 9.59 Å². The molecule has 4 heteroatoms. The molecule has 92 valence electrons. The first-order chi connectivity index (χ1) is 8.72. The summed E-state index contributed by atoms with van der Waals surface area (Å²) in [7, 11) is 1.36. The Kier molecular flexibility index (Phi) is 2.44. The van der Waals surface area contributed by atoms with Gasteiger partial charge in [0.1, 0.15) is 0 Å². The smallest absolute Gasteiger partial charge is 0.339 e. The van der Waals surface area contributed by atoms with Gasteiger partial charge in [-0.05, 0) is 24.5 Å². The molecule has 1 aliphatic rings. The Bertz CT molecular complexity index is 654. The summed E-state index contributed by atoms with van der Waals surface area (Å²) in [5.74, 6) is -0.255. The number of aromatic amines is 1. The van der Waals surface area contributed by atoms with E-state index in [1.165, 1.54) is 7.11 Å². The van der Waals surface area contributed by atoms with E-state index in [0.717, 1.165) is 23.8 Å². The van der Waals surface area contributed by atoms with Crippen molar-refractivity contribution in [2.45, 2.75) is 19.3 Å². The molecule has 0 spiro atoms. The zero-order valence-corrected chi connectivity index (χ0v) is 10.1. The number of ketones is 1. The molecule has 18 heavy (non-hydrogen) atoms. The van der Waals surface area contributed by atoms with Crippen molar-refractivity contribution in [3.05, 3.63) is 35.0 Å². The molecule has 0 saturated carbocycles. The summed E-state index contributed by atoms with van der Waals surface area (Å²) >= 11 is 0. The second-order valence-corrected chi connectivity index (χ2v) is 4.47. The van der Waals surface area contributed by atoms with E-state index in [1.54, 1.807) is 6.07 Å². The van der Waals surface area contributed by atoms with E-state index in [4.69, 9.17) is 4.74 Å². The Labute approximate surface area is 104 Å². The van der Waals surface area contributed by atoms with Crippen LogP contribution in [0.1, 0.15) is 39.3 Å². The Hall–Kier alpha value is -2.10. The standard InChI is InChI=1S/C14H13NO3/c1-18-14(17)10-6-2-4-8-9-5-3-7-11(16)13(9)15-12(8)10/h2,4,6,15H,3,5,7H2,1H3. The first-order valence-corrected chi connectivity index (χ1v) is 5.97. The first-order valence-electron chi connectivity index (χ1n) is 5.97. The minimum Gasteiger partial charge on any atom is -0.465 e.